The highest BCUT2D eigenvalue weighted by atomic mass is 35.5. The topological polar surface area (TPSA) is 37.8 Å². The first-order valence-corrected chi connectivity index (χ1v) is 6.01. The lowest BCUT2D eigenvalue weighted by atomic mass is 10.3. The van der Waals surface area contributed by atoms with Crippen molar-refractivity contribution in [3.05, 3.63) is 27.7 Å². The average molecular weight is 246 g/mol. The van der Waals surface area contributed by atoms with E-state index >= 15 is 0 Å². The summed E-state index contributed by atoms with van der Waals surface area (Å²) in [5, 5.41) is 4.08. The van der Waals surface area contributed by atoms with Gasteiger partial charge in [0.25, 0.3) is 0 Å². The largest absolute Gasteiger partial charge is 0.353 e. The van der Waals surface area contributed by atoms with Crippen LogP contribution in [0.3, 0.4) is 0 Å². The molecule has 6 heteroatoms. The lowest BCUT2D eigenvalue weighted by Crippen LogP contribution is -2.03. The number of halogens is 1. The minimum Gasteiger partial charge on any atom is -0.353 e. The van der Waals surface area contributed by atoms with E-state index in [1.807, 2.05) is 12.1 Å². The van der Waals surface area contributed by atoms with Crippen molar-refractivity contribution < 1.29 is 0 Å². The number of nitrogens with zero attached hydrogens (tertiary/aromatic N) is 2. The fourth-order valence-electron chi connectivity index (χ4n) is 1.05. The van der Waals surface area contributed by atoms with E-state index in [2.05, 4.69) is 21.6 Å². The molecule has 2 aromatic heterocycles. The van der Waals surface area contributed by atoms with Crippen molar-refractivity contribution >= 4 is 39.6 Å². The van der Waals surface area contributed by atoms with Crippen molar-refractivity contribution in [1.29, 1.82) is 0 Å². The van der Waals surface area contributed by atoms with Crippen LogP contribution < -0.4 is 5.32 Å². The van der Waals surface area contributed by atoms with Gasteiger partial charge in [-0.2, -0.15) is 4.37 Å². The van der Waals surface area contributed by atoms with Crippen LogP contribution in [0.2, 0.25) is 4.34 Å². The predicted molar refractivity (Wildman–Crippen MR) is 61.3 cm³/mol. The molecule has 0 bridgehead atoms. The van der Waals surface area contributed by atoms with Crippen LogP contribution in [0.25, 0.3) is 0 Å². The maximum atomic E-state index is 5.85. The zero-order valence-corrected chi connectivity index (χ0v) is 9.79. The van der Waals surface area contributed by atoms with E-state index in [4.69, 9.17) is 11.6 Å². The Morgan fingerprint density at radius 2 is 2.36 bits per heavy atom. The van der Waals surface area contributed by atoms with Crippen LogP contribution in [-0.4, -0.2) is 9.36 Å². The molecule has 2 aromatic rings. The quantitative estimate of drug-likeness (QED) is 0.900. The Kier molecular flexibility index (Phi) is 3.00. The van der Waals surface area contributed by atoms with Crippen molar-refractivity contribution in [2.24, 2.45) is 0 Å². The normalized spacial score (nSPS) is 12.7. The van der Waals surface area contributed by atoms with Crippen molar-refractivity contribution in [2.75, 3.05) is 5.32 Å². The third-order valence-electron chi connectivity index (χ3n) is 1.72. The van der Waals surface area contributed by atoms with Gasteiger partial charge in [0.15, 0.2) is 0 Å². The lowest BCUT2D eigenvalue weighted by molar-refractivity contribution is 0.904. The number of nitrogens with one attached hydrogen (secondary N) is 1. The van der Waals surface area contributed by atoms with Crippen LogP contribution >= 0.6 is 34.5 Å². The molecule has 2 heterocycles. The Bertz CT molecular complexity index is 398. The molecule has 0 aliphatic carbocycles. The number of hydrogen-bond acceptors (Lipinski definition) is 5. The fraction of sp³-hybridized carbons (Fsp3) is 0.250. The maximum Gasteiger partial charge on any atom is 0.202 e. The molecule has 74 valence electrons. The van der Waals surface area contributed by atoms with Crippen molar-refractivity contribution in [3.63, 3.8) is 0 Å². The van der Waals surface area contributed by atoms with Gasteiger partial charge < -0.3 is 5.32 Å². The summed E-state index contributed by atoms with van der Waals surface area (Å²) >= 11 is 8.78. The number of anilines is 1. The molecule has 0 radical (unpaired) electrons. The van der Waals surface area contributed by atoms with Crippen LogP contribution in [0.15, 0.2) is 18.5 Å². The van der Waals surface area contributed by atoms with Gasteiger partial charge in [0.1, 0.15) is 6.33 Å². The molecule has 1 unspecified atom stereocenters. The van der Waals surface area contributed by atoms with E-state index in [0.717, 1.165) is 9.47 Å². The first kappa shape index (κ1) is 9.89. The second-order valence-corrected chi connectivity index (χ2v) is 5.28. The highest BCUT2D eigenvalue weighted by Gasteiger charge is 2.09. The molecule has 14 heavy (non-hydrogen) atoms. The third kappa shape index (κ3) is 2.23. The smallest absolute Gasteiger partial charge is 0.202 e. The molecule has 0 spiro atoms. The first-order chi connectivity index (χ1) is 6.75. The molecule has 0 saturated carbocycles. The second-order valence-electron chi connectivity index (χ2n) is 2.75. The summed E-state index contributed by atoms with van der Waals surface area (Å²) in [6.07, 6.45) is 1.54. The van der Waals surface area contributed by atoms with Gasteiger partial charge in [0.2, 0.25) is 5.13 Å². The summed E-state index contributed by atoms with van der Waals surface area (Å²) in [5.41, 5.74) is 0. The fourth-order valence-corrected chi connectivity index (χ4v) is 2.64. The summed E-state index contributed by atoms with van der Waals surface area (Å²) in [4.78, 5) is 5.26. The van der Waals surface area contributed by atoms with Crippen LogP contribution in [-0.2, 0) is 0 Å². The molecule has 0 fully saturated rings. The molecular formula is C8H8ClN3S2. The molecule has 0 saturated heterocycles. The molecule has 0 aromatic carbocycles. The highest BCUT2D eigenvalue weighted by Crippen LogP contribution is 2.28. The molecule has 0 amide bonds. The summed E-state index contributed by atoms with van der Waals surface area (Å²) in [5.74, 6) is 0. The Morgan fingerprint density at radius 1 is 1.50 bits per heavy atom. The van der Waals surface area contributed by atoms with E-state index in [-0.39, 0.29) is 6.04 Å². The van der Waals surface area contributed by atoms with E-state index in [1.54, 1.807) is 17.7 Å². The summed E-state index contributed by atoms with van der Waals surface area (Å²) in [6.45, 7) is 2.07. The van der Waals surface area contributed by atoms with Gasteiger partial charge in [0.05, 0.1) is 10.4 Å². The van der Waals surface area contributed by atoms with Gasteiger partial charge in [-0.1, -0.05) is 11.6 Å². The molecule has 0 aliphatic heterocycles. The van der Waals surface area contributed by atoms with Crippen LogP contribution in [0.5, 0.6) is 0 Å². The lowest BCUT2D eigenvalue weighted by Gasteiger charge is -2.09. The third-order valence-corrected chi connectivity index (χ3v) is 3.73. The zero-order valence-electron chi connectivity index (χ0n) is 7.40. The number of rotatable bonds is 3. The SMILES string of the molecule is CC(Nc1ncns1)c1ccc(Cl)s1. The Balaban J connectivity index is 2.06. The molecule has 1 atom stereocenters. The van der Waals surface area contributed by atoms with E-state index < -0.39 is 0 Å². The monoisotopic (exact) mass is 245 g/mol. The Labute approximate surface area is 94.9 Å². The summed E-state index contributed by atoms with van der Waals surface area (Å²) < 4.78 is 4.73. The van der Waals surface area contributed by atoms with Crippen LogP contribution in [0.1, 0.15) is 17.8 Å². The van der Waals surface area contributed by atoms with E-state index in [0.29, 0.717) is 0 Å². The van der Waals surface area contributed by atoms with Gasteiger partial charge in [0, 0.05) is 16.4 Å². The highest BCUT2D eigenvalue weighted by molar-refractivity contribution is 7.16. The zero-order chi connectivity index (χ0) is 9.97. The standard InChI is InChI=1S/C8H8ClN3S2/c1-5(6-2-3-7(9)13-6)12-8-10-4-11-14-8/h2-5H,1H3,(H,10,11,12). The van der Waals surface area contributed by atoms with Gasteiger partial charge in [-0.25, -0.2) is 4.98 Å². The molecule has 2 rings (SSSR count). The predicted octanol–water partition coefficient (Wildman–Crippen LogP) is 3.43. The number of aromatic nitrogens is 2. The van der Waals surface area contributed by atoms with E-state index in [9.17, 15) is 0 Å². The summed E-state index contributed by atoms with van der Waals surface area (Å²) in [6, 6.07) is 4.14. The van der Waals surface area contributed by atoms with Gasteiger partial charge in [-0.3, -0.25) is 0 Å². The van der Waals surface area contributed by atoms with Gasteiger partial charge in [-0.15, -0.1) is 11.3 Å². The molecule has 0 aliphatic rings. The number of hydrogen-bond donors (Lipinski definition) is 1. The van der Waals surface area contributed by atoms with Crippen LogP contribution in [0.4, 0.5) is 5.13 Å². The molecular weight excluding hydrogens is 238 g/mol. The molecule has 3 nitrogen and oxygen atoms in total. The Hall–Kier alpha value is -0.650. The maximum absolute atomic E-state index is 5.85. The van der Waals surface area contributed by atoms with Gasteiger partial charge in [-0.05, 0) is 19.1 Å². The Morgan fingerprint density at radius 3 is 2.93 bits per heavy atom. The number of thiophene rings is 1. The first-order valence-electron chi connectivity index (χ1n) is 4.04. The van der Waals surface area contributed by atoms with E-state index in [1.165, 1.54) is 16.4 Å². The van der Waals surface area contributed by atoms with Crippen molar-refractivity contribution in [2.45, 2.75) is 13.0 Å². The minimum absolute atomic E-state index is 0.223. The van der Waals surface area contributed by atoms with Crippen molar-refractivity contribution in [3.8, 4) is 0 Å². The van der Waals surface area contributed by atoms with Crippen molar-refractivity contribution in [1.82, 2.24) is 9.36 Å². The molecule has 1 N–H and O–H groups in total. The second kappa shape index (κ2) is 4.25. The van der Waals surface area contributed by atoms with Crippen LogP contribution in [0, 0.1) is 0 Å². The minimum atomic E-state index is 0.223. The average Bonchev–Trinajstić information content (AvgIpc) is 2.75. The summed E-state index contributed by atoms with van der Waals surface area (Å²) in [7, 11) is 0. The van der Waals surface area contributed by atoms with Gasteiger partial charge >= 0.3 is 0 Å².